The normalized spacial score (nSPS) is 23.9. The van der Waals surface area contributed by atoms with Crippen molar-refractivity contribution in [1.82, 2.24) is 15.1 Å². The molecule has 0 bridgehead atoms. The van der Waals surface area contributed by atoms with Crippen LogP contribution in [0.25, 0.3) is 0 Å². The zero-order chi connectivity index (χ0) is 13.5. The number of piperazine rings is 1. The molecule has 1 fully saturated rings. The van der Waals surface area contributed by atoms with E-state index in [-0.39, 0.29) is 5.91 Å². The van der Waals surface area contributed by atoms with Crippen LogP contribution < -0.4 is 11.1 Å². The van der Waals surface area contributed by atoms with Crippen molar-refractivity contribution in [2.75, 3.05) is 46.8 Å². The third-order valence-corrected chi connectivity index (χ3v) is 3.90. The van der Waals surface area contributed by atoms with Crippen molar-refractivity contribution in [3.05, 3.63) is 0 Å². The molecule has 0 aromatic carbocycles. The number of amides is 1. The van der Waals surface area contributed by atoms with E-state index in [4.69, 9.17) is 5.73 Å². The fraction of sp³-hybridized carbons (Fsp3) is 0.923. The van der Waals surface area contributed by atoms with Gasteiger partial charge in [0, 0.05) is 38.6 Å². The van der Waals surface area contributed by atoms with E-state index in [1.807, 2.05) is 0 Å². The van der Waals surface area contributed by atoms with Crippen LogP contribution in [0.3, 0.4) is 0 Å². The van der Waals surface area contributed by atoms with Gasteiger partial charge in [0.25, 0.3) is 0 Å². The summed E-state index contributed by atoms with van der Waals surface area (Å²) in [5.41, 5.74) is 5.62. The molecule has 0 spiro atoms. The highest BCUT2D eigenvalue weighted by Gasteiger charge is 2.22. The lowest BCUT2D eigenvalue weighted by Crippen LogP contribution is -2.54. The average Bonchev–Trinajstić information content (AvgIpc) is 2.37. The van der Waals surface area contributed by atoms with Gasteiger partial charge in [0.05, 0.1) is 0 Å². The van der Waals surface area contributed by atoms with E-state index in [1.54, 1.807) is 0 Å². The molecule has 1 saturated heterocycles. The number of hydrogen-bond acceptors (Lipinski definition) is 4. The molecule has 0 aromatic heterocycles. The SMILES string of the molecule is CCC(CN)CC(=O)NCC1CN(C)CCN1C. The quantitative estimate of drug-likeness (QED) is 0.686. The summed E-state index contributed by atoms with van der Waals surface area (Å²) in [6.45, 7) is 6.60. The van der Waals surface area contributed by atoms with Crippen molar-refractivity contribution in [3.8, 4) is 0 Å². The fourth-order valence-electron chi connectivity index (χ4n) is 2.28. The van der Waals surface area contributed by atoms with Crippen LogP contribution in [0.1, 0.15) is 19.8 Å². The average molecular weight is 256 g/mol. The summed E-state index contributed by atoms with van der Waals surface area (Å²) in [5, 5.41) is 3.04. The van der Waals surface area contributed by atoms with Crippen molar-refractivity contribution in [1.29, 1.82) is 0 Å². The first kappa shape index (κ1) is 15.4. The highest BCUT2D eigenvalue weighted by Crippen LogP contribution is 2.07. The van der Waals surface area contributed by atoms with E-state index in [0.29, 0.717) is 24.9 Å². The fourth-order valence-corrected chi connectivity index (χ4v) is 2.28. The van der Waals surface area contributed by atoms with Gasteiger partial charge in [-0.2, -0.15) is 0 Å². The number of rotatable bonds is 6. The van der Waals surface area contributed by atoms with Gasteiger partial charge in [-0.25, -0.2) is 0 Å². The molecule has 2 unspecified atom stereocenters. The molecule has 0 radical (unpaired) electrons. The summed E-state index contributed by atoms with van der Waals surface area (Å²) >= 11 is 0. The van der Waals surface area contributed by atoms with Gasteiger partial charge in [-0.15, -0.1) is 0 Å². The van der Waals surface area contributed by atoms with Crippen LogP contribution >= 0.6 is 0 Å². The van der Waals surface area contributed by atoms with Crippen molar-refractivity contribution in [2.45, 2.75) is 25.8 Å². The summed E-state index contributed by atoms with van der Waals surface area (Å²) < 4.78 is 0. The molecule has 0 saturated carbocycles. The maximum absolute atomic E-state index is 11.8. The number of carbonyl (C=O) groups is 1. The van der Waals surface area contributed by atoms with E-state index in [1.165, 1.54) is 0 Å². The topological polar surface area (TPSA) is 61.6 Å². The molecule has 0 aliphatic carbocycles. The van der Waals surface area contributed by atoms with E-state index in [9.17, 15) is 4.79 Å². The summed E-state index contributed by atoms with van der Waals surface area (Å²) in [7, 11) is 4.25. The van der Waals surface area contributed by atoms with Crippen LogP contribution in [0.4, 0.5) is 0 Å². The molecule has 1 aliphatic heterocycles. The van der Waals surface area contributed by atoms with Crippen molar-refractivity contribution in [3.63, 3.8) is 0 Å². The van der Waals surface area contributed by atoms with E-state index < -0.39 is 0 Å². The van der Waals surface area contributed by atoms with E-state index >= 15 is 0 Å². The lowest BCUT2D eigenvalue weighted by atomic mass is 10.0. The van der Waals surface area contributed by atoms with Gasteiger partial charge in [0.15, 0.2) is 0 Å². The van der Waals surface area contributed by atoms with Crippen LogP contribution in [0.2, 0.25) is 0 Å². The molecule has 2 atom stereocenters. The van der Waals surface area contributed by atoms with Gasteiger partial charge < -0.3 is 16.0 Å². The third kappa shape index (κ3) is 4.92. The minimum Gasteiger partial charge on any atom is -0.354 e. The molecule has 18 heavy (non-hydrogen) atoms. The number of nitrogens with two attached hydrogens (primary N) is 1. The smallest absolute Gasteiger partial charge is 0.220 e. The summed E-state index contributed by atoms with van der Waals surface area (Å²) in [4.78, 5) is 16.4. The Kier molecular flexibility index (Phi) is 6.60. The molecule has 1 amide bonds. The Bertz CT molecular complexity index is 255. The Morgan fingerprint density at radius 3 is 2.78 bits per heavy atom. The maximum atomic E-state index is 11.8. The monoisotopic (exact) mass is 256 g/mol. The molecular formula is C13H28N4O. The molecule has 5 heteroatoms. The van der Waals surface area contributed by atoms with Crippen LogP contribution in [0.15, 0.2) is 0 Å². The second-order valence-electron chi connectivity index (χ2n) is 5.41. The number of nitrogens with one attached hydrogen (secondary N) is 1. The molecular weight excluding hydrogens is 228 g/mol. The Morgan fingerprint density at radius 1 is 1.44 bits per heavy atom. The zero-order valence-electron chi connectivity index (χ0n) is 12.0. The van der Waals surface area contributed by atoms with Crippen LogP contribution in [0.5, 0.6) is 0 Å². The van der Waals surface area contributed by atoms with Gasteiger partial charge in [-0.3, -0.25) is 9.69 Å². The second kappa shape index (κ2) is 7.71. The molecule has 1 rings (SSSR count). The molecule has 1 aliphatic rings. The van der Waals surface area contributed by atoms with Crippen molar-refractivity contribution >= 4 is 5.91 Å². The number of hydrogen-bond donors (Lipinski definition) is 2. The van der Waals surface area contributed by atoms with Gasteiger partial charge in [-0.1, -0.05) is 13.3 Å². The van der Waals surface area contributed by atoms with Gasteiger partial charge in [0.2, 0.25) is 5.91 Å². The lowest BCUT2D eigenvalue weighted by Gasteiger charge is -2.37. The maximum Gasteiger partial charge on any atom is 0.220 e. The van der Waals surface area contributed by atoms with Gasteiger partial charge >= 0.3 is 0 Å². The Hall–Kier alpha value is -0.650. The Labute approximate surface area is 111 Å². The van der Waals surface area contributed by atoms with Crippen LogP contribution in [-0.2, 0) is 4.79 Å². The minimum atomic E-state index is 0.133. The molecule has 3 N–H and O–H groups in total. The number of carbonyl (C=O) groups excluding carboxylic acids is 1. The molecule has 5 nitrogen and oxygen atoms in total. The largest absolute Gasteiger partial charge is 0.354 e. The third-order valence-electron chi connectivity index (χ3n) is 3.90. The van der Waals surface area contributed by atoms with Crippen LogP contribution in [-0.4, -0.2) is 68.6 Å². The zero-order valence-corrected chi connectivity index (χ0v) is 12.0. The van der Waals surface area contributed by atoms with Gasteiger partial charge in [0.1, 0.15) is 0 Å². The first-order valence-corrected chi connectivity index (χ1v) is 6.92. The van der Waals surface area contributed by atoms with Crippen molar-refractivity contribution in [2.24, 2.45) is 11.7 Å². The molecule has 106 valence electrons. The predicted octanol–water partition coefficient (Wildman–Crippen LogP) is -0.277. The van der Waals surface area contributed by atoms with Crippen LogP contribution in [0, 0.1) is 5.92 Å². The Morgan fingerprint density at radius 2 is 2.17 bits per heavy atom. The lowest BCUT2D eigenvalue weighted by molar-refractivity contribution is -0.122. The second-order valence-corrected chi connectivity index (χ2v) is 5.41. The Balaban J connectivity index is 2.28. The first-order chi connectivity index (χ1) is 8.56. The summed E-state index contributed by atoms with van der Waals surface area (Å²) in [5.74, 6) is 0.450. The molecule has 1 heterocycles. The van der Waals surface area contributed by atoms with Crippen molar-refractivity contribution < 1.29 is 4.79 Å². The van der Waals surface area contributed by atoms with E-state index in [2.05, 4.69) is 36.1 Å². The number of likely N-dealkylation sites (N-methyl/N-ethyl adjacent to an activating group) is 2. The molecule has 0 aromatic rings. The predicted molar refractivity (Wildman–Crippen MR) is 74.4 cm³/mol. The highest BCUT2D eigenvalue weighted by molar-refractivity contribution is 5.76. The van der Waals surface area contributed by atoms with E-state index in [0.717, 1.165) is 32.6 Å². The standard InChI is InChI=1S/C13H28N4O/c1-4-11(8-14)7-13(18)15-9-12-10-16(2)5-6-17(12)3/h11-12H,4-10,14H2,1-3H3,(H,15,18). The summed E-state index contributed by atoms with van der Waals surface area (Å²) in [6, 6.07) is 0.422. The first-order valence-electron chi connectivity index (χ1n) is 6.92. The number of nitrogens with zero attached hydrogens (tertiary/aromatic N) is 2. The van der Waals surface area contributed by atoms with Gasteiger partial charge in [-0.05, 0) is 26.6 Å². The highest BCUT2D eigenvalue weighted by atomic mass is 16.1. The minimum absolute atomic E-state index is 0.133. The summed E-state index contributed by atoms with van der Waals surface area (Å²) in [6.07, 6.45) is 1.52.